The highest BCUT2D eigenvalue weighted by molar-refractivity contribution is 8.00. The fourth-order valence-corrected chi connectivity index (χ4v) is 4.21. The van der Waals surface area contributed by atoms with Gasteiger partial charge in [-0.25, -0.2) is 9.67 Å². The molecule has 2 aromatic heterocycles. The van der Waals surface area contributed by atoms with Gasteiger partial charge in [0.2, 0.25) is 0 Å². The van der Waals surface area contributed by atoms with Crippen LogP contribution in [0.5, 0.6) is 0 Å². The fourth-order valence-electron chi connectivity index (χ4n) is 2.56. The highest BCUT2D eigenvalue weighted by atomic mass is 32.2. The number of aliphatic imine (C=N–C) groups is 1. The van der Waals surface area contributed by atoms with E-state index in [1.807, 2.05) is 28.5 Å². The molecule has 0 aliphatic carbocycles. The quantitative estimate of drug-likeness (QED) is 0.261. The van der Waals surface area contributed by atoms with Crippen LogP contribution in [0.1, 0.15) is 24.9 Å². The molecular weight excluding hydrogens is 376 g/mol. The van der Waals surface area contributed by atoms with Gasteiger partial charge in [0.05, 0.1) is 11.7 Å². The zero-order valence-corrected chi connectivity index (χ0v) is 17.1. The van der Waals surface area contributed by atoms with E-state index in [1.54, 1.807) is 36.3 Å². The number of aromatic nitrogens is 3. The molecule has 1 atom stereocenters. The van der Waals surface area contributed by atoms with Crippen molar-refractivity contribution in [3.8, 4) is 5.69 Å². The third kappa shape index (κ3) is 5.83. The minimum Gasteiger partial charge on any atom is -0.356 e. The van der Waals surface area contributed by atoms with Gasteiger partial charge in [-0.1, -0.05) is 23.9 Å². The van der Waals surface area contributed by atoms with Crippen molar-refractivity contribution in [2.45, 2.75) is 23.7 Å². The van der Waals surface area contributed by atoms with Gasteiger partial charge in [-0.3, -0.25) is 4.99 Å². The van der Waals surface area contributed by atoms with Crippen LogP contribution in [-0.2, 0) is 0 Å². The maximum absolute atomic E-state index is 4.33. The summed E-state index contributed by atoms with van der Waals surface area (Å²) in [6.07, 6.45) is 6.63. The molecule has 142 valence electrons. The fraction of sp³-hybridized carbons (Fsp3) is 0.316. The normalized spacial score (nSPS) is 12.7. The predicted molar refractivity (Wildman–Crippen MR) is 114 cm³/mol. The van der Waals surface area contributed by atoms with Crippen molar-refractivity contribution in [1.29, 1.82) is 0 Å². The first-order chi connectivity index (χ1) is 13.3. The smallest absolute Gasteiger partial charge is 0.191 e. The van der Waals surface area contributed by atoms with Gasteiger partial charge in [0.15, 0.2) is 5.96 Å². The van der Waals surface area contributed by atoms with Crippen molar-refractivity contribution in [2.24, 2.45) is 4.99 Å². The Morgan fingerprint density at radius 1 is 1.33 bits per heavy atom. The van der Waals surface area contributed by atoms with Crippen LogP contribution in [0, 0.1) is 0 Å². The van der Waals surface area contributed by atoms with Gasteiger partial charge >= 0.3 is 0 Å². The second-order valence-corrected chi connectivity index (χ2v) is 8.15. The molecule has 0 aliphatic heterocycles. The third-order valence-corrected chi connectivity index (χ3v) is 6.02. The van der Waals surface area contributed by atoms with Crippen molar-refractivity contribution in [3.63, 3.8) is 0 Å². The van der Waals surface area contributed by atoms with Crippen molar-refractivity contribution in [1.82, 2.24) is 25.4 Å². The van der Waals surface area contributed by atoms with E-state index in [0.29, 0.717) is 0 Å². The summed E-state index contributed by atoms with van der Waals surface area (Å²) in [5.41, 5.74) is 2.23. The topological polar surface area (TPSA) is 67.1 Å². The van der Waals surface area contributed by atoms with Crippen molar-refractivity contribution < 1.29 is 0 Å². The van der Waals surface area contributed by atoms with Crippen LogP contribution in [0.3, 0.4) is 0 Å². The standard InChI is InChI=1S/C19H24N6S2/c1-15(16-6-3-7-17(14-16)25-11-4-9-23-25)24-18(20-2)21-8-5-12-26-19-22-10-13-27-19/h3-4,6-7,9-11,13-15H,5,8,12H2,1-2H3,(H2,20,21,24). The Balaban J connectivity index is 1.47. The van der Waals surface area contributed by atoms with Crippen LogP contribution < -0.4 is 10.6 Å². The molecule has 0 saturated carbocycles. The average Bonchev–Trinajstić information content (AvgIpc) is 3.41. The van der Waals surface area contributed by atoms with Gasteiger partial charge in [0.1, 0.15) is 4.34 Å². The highest BCUT2D eigenvalue weighted by Crippen LogP contribution is 2.20. The van der Waals surface area contributed by atoms with Crippen LogP contribution in [0.4, 0.5) is 0 Å². The van der Waals surface area contributed by atoms with Gasteiger partial charge in [0, 0.05) is 43.3 Å². The molecule has 2 N–H and O–H groups in total. The Morgan fingerprint density at radius 3 is 3.00 bits per heavy atom. The van der Waals surface area contributed by atoms with Crippen molar-refractivity contribution in [3.05, 3.63) is 59.9 Å². The summed E-state index contributed by atoms with van der Waals surface area (Å²) >= 11 is 3.48. The van der Waals surface area contributed by atoms with Crippen LogP contribution in [0.25, 0.3) is 5.69 Å². The van der Waals surface area contributed by atoms with E-state index in [4.69, 9.17) is 0 Å². The van der Waals surface area contributed by atoms with E-state index in [-0.39, 0.29) is 6.04 Å². The van der Waals surface area contributed by atoms with Gasteiger partial charge in [-0.15, -0.1) is 11.3 Å². The molecule has 0 aliphatic rings. The maximum Gasteiger partial charge on any atom is 0.191 e. The van der Waals surface area contributed by atoms with Gasteiger partial charge in [0.25, 0.3) is 0 Å². The van der Waals surface area contributed by atoms with Crippen LogP contribution >= 0.6 is 23.1 Å². The van der Waals surface area contributed by atoms with E-state index < -0.39 is 0 Å². The molecule has 8 heteroatoms. The number of hydrogen-bond donors (Lipinski definition) is 2. The summed E-state index contributed by atoms with van der Waals surface area (Å²) in [5, 5.41) is 13.1. The SMILES string of the molecule is CN=C(NCCCSc1nccs1)NC(C)c1cccc(-n2cccn2)c1. The lowest BCUT2D eigenvalue weighted by atomic mass is 10.1. The summed E-state index contributed by atoms with van der Waals surface area (Å²) in [4.78, 5) is 8.62. The lowest BCUT2D eigenvalue weighted by Gasteiger charge is -2.19. The maximum atomic E-state index is 4.33. The molecule has 0 bridgehead atoms. The Bertz CT molecular complexity index is 830. The molecule has 0 radical (unpaired) electrons. The number of thiazole rings is 1. The molecule has 3 rings (SSSR count). The molecule has 3 aromatic rings. The summed E-state index contributed by atoms with van der Waals surface area (Å²) in [7, 11) is 1.80. The first-order valence-corrected chi connectivity index (χ1v) is 10.7. The van der Waals surface area contributed by atoms with Crippen molar-refractivity contribution in [2.75, 3.05) is 19.3 Å². The Labute approximate surface area is 168 Å². The molecule has 27 heavy (non-hydrogen) atoms. The Hall–Kier alpha value is -2.32. The molecule has 1 unspecified atom stereocenters. The van der Waals surface area contributed by atoms with E-state index in [1.165, 1.54) is 5.56 Å². The third-order valence-electron chi connectivity index (χ3n) is 3.96. The largest absolute Gasteiger partial charge is 0.356 e. The molecule has 6 nitrogen and oxygen atoms in total. The average molecular weight is 401 g/mol. The number of hydrogen-bond acceptors (Lipinski definition) is 5. The molecule has 0 saturated heterocycles. The summed E-state index contributed by atoms with van der Waals surface area (Å²) in [5.74, 6) is 1.85. The predicted octanol–water partition coefficient (Wildman–Crippen LogP) is 3.74. The summed E-state index contributed by atoms with van der Waals surface area (Å²) in [6.45, 7) is 3.01. The zero-order valence-electron chi connectivity index (χ0n) is 15.5. The molecular formula is C19H24N6S2. The number of nitrogens with one attached hydrogen (secondary N) is 2. The van der Waals surface area contributed by atoms with Gasteiger partial charge in [-0.05, 0) is 37.1 Å². The Morgan fingerprint density at radius 2 is 2.26 bits per heavy atom. The first kappa shape index (κ1) is 19.4. The zero-order chi connectivity index (χ0) is 18.9. The number of rotatable bonds is 8. The first-order valence-electron chi connectivity index (χ1n) is 8.85. The lowest BCUT2D eigenvalue weighted by molar-refractivity contribution is 0.681. The minimum atomic E-state index is 0.136. The van der Waals surface area contributed by atoms with Crippen molar-refractivity contribution >= 4 is 29.1 Å². The number of benzene rings is 1. The van der Waals surface area contributed by atoms with E-state index in [9.17, 15) is 0 Å². The number of thioether (sulfide) groups is 1. The van der Waals surface area contributed by atoms with Gasteiger partial charge in [-0.2, -0.15) is 5.10 Å². The van der Waals surface area contributed by atoms with Crippen LogP contribution in [-0.4, -0.2) is 40.1 Å². The number of nitrogens with zero attached hydrogens (tertiary/aromatic N) is 4. The summed E-state index contributed by atoms with van der Waals surface area (Å²) in [6, 6.07) is 10.4. The second-order valence-electron chi connectivity index (χ2n) is 5.91. The minimum absolute atomic E-state index is 0.136. The second kappa shape index (κ2) is 10.1. The lowest BCUT2D eigenvalue weighted by Crippen LogP contribution is -2.39. The van der Waals surface area contributed by atoms with E-state index in [2.05, 4.69) is 56.9 Å². The van der Waals surface area contributed by atoms with Gasteiger partial charge < -0.3 is 10.6 Å². The molecule has 0 fully saturated rings. The highest BCUT2D eigenvalue weighted by Gasteiger charge is 2.09. The molecule has 0 amide bonds. The van der Waals surface area contributed by atoms with E-state index >= 15 is 0 Å². The van der Waals surface area contributed by atoms with E-state index in [0.717, 1.165) is 34.7 Å². The summed E-state index contributed by atoms with van der Waals surface area (Å²) < 4.78 is 2.99. The molecule has 0 spiro atoms. The Kier molecular flexibility index (Phi) is 7.29. The van der Waals surface area contributed by atoms with Crippen LogP contribution in [0.15, 0.2) is 63.6 Å². The van der Waals surface area contributed by atoms with Crippen LogP contribution in [0.2, 0.25) is 0 Å². The monoisotopic (exact) mass is 400 g/mol. The molecule has 2 heterocycles. The molecule has 1 aromatic carbocycles. The number of guanidine groups is 1.